The maximum absolute atomic E-state index is 13.0. The molecule has 0 aliphatic carbocycles. The number of carboxylic acids is 1. The monoisotopic (exact) mass is 264 g/mol. The largest absolute Gasteiger partial charge is 0.481 e. The van der Waals surface area contributed by atoms with Crippen molar-refractivity contribution in [1.82, 2.24) is 0 Å². The lowest BCUT2D eigenvalue weighted by Gasteiger charge is -2.20. The van der Waals surface area contributed by atoms with Gasteiger partial charge in [0.25, 0.3) is 0 Å². The molecule has 0 saturated heterocycles. The normalized spacial score (nSPS) is 14.3. The zero-order valence-corrected chi connectivity index (χ0v) is 9.75. The van der Waals surface area contributed by atoms with E-state index in [0.717, 1.165) is 12.1 Å². The fourth-order valence-electron chi connectivity index (χ4n) is 1.38. The van der Waals surface area contributed by atoms with Crippen LogP contribution in [0.3, 0.4) is 0 Å². The summed E-state index contributed by atoms with van der Waals surface area (Å²) < 4.78 is 49.4. The molecule has 0 amide bonds. The predicted octanol–water partition coefficient (Wildman–Crippen LogP) is 3.62. The number of aliphatic carboxylic acids is 1. The highest BCUT2D eigenvalue weighted by Gasteiger charge is 2.41. The van der Waals surface area contributed by atoms with Gasteiger partial charge in [0.1, 0.15) is 0 Å². The second kappa shape index (κ2) is 4.59. The van der Waals surface area contributed by atoms with Gasteiger partial charge in [-0.05, 0) is 25.0 Å². The van der Waals surface area contributed by atoms with Gasteiger partial charge in [-0.15, -0.1) is 0 Å². The average Bonchev–Trinajstić information content (AvgIpc) is 2.26. The van der Waals surface area contributed by atoms with Gasteiger partial charge >= 0.3 is 12.1 Å². The van der Waals surface area contributed by atoms with E-state index in [1.54, 1.807) is 0 Å². The van der Waals surface area contributed by atoms with Crippen LogP contribution in [0, 0.1) is 0 Å². The van der Waals surface area contributed by atoms with Crippen LogP contribution >= 0.6 is 0 Å². The number of carboxylic acid groups (broad SMARTS) is 1. The molecule has 0 fully saturated rings. The molecule has 18 heavy (non-hydrogen) atoms. The number of hydrogen-bond acceptors (Lipinski definition) is 1. The number of halogens is 4. The van der Waals surface area contributed by atoms with Crippen molar-refractivity contribution in [3.05, 3.63) is 35.4 Å². The predicted molar refractivity (Wildman–Crippen MR) is 57.0 cm³/mol. The molecule has 0 heterocycles. The van der Waals surface area contributed by atoms with E-state index in [-0.39, 0.29) is 0 Å². The van der Waals surface area contributed by atoms with E-state index >= 15 is 0 Å². The molecule has 0 radical (unpaired) electrons. The Bertz CT molecular complexity index is 434. The van der Waals surface area contributed by atoms with E-state index in [1.165, 1.54) is 26.0 Å². The van der Waals surface area contributed by atoms with E-state index in [9.17, 15) is 22.4 Å². The first kappa shape index (κ1) is 14.5. The summed E-state index contributed by atoms with van der Waals surface area (Å²) in [5.74, 6) is -1.11. The Hall–Kier alpha value is -1.59. The van der Waals surface area contributed by atoms with Crippen molar-refractivity contribution in [2.24, 2.45) is 0 Å². The minimum Gasteiger partial charge on any atom is -0.481 e. The zero-order chi connectivity index (χ0) is 14.1. The van der Waals surface area contributed by atoms with Crippen LogP contribution in [0.25, 0.3) is 0 Å². The van der Waals surface area contributed by atoms with Crippen molar-refractivity contribution in [1.29, 1.82) is 0 Å². The Morgan fingerprint density at radius 2 is 1.61 bits per heavy atom. The third kappa shape index (κ3) is 2.80. The standard InChI is InChI=1S/C12H12F4O2/c1-11(2,10(17)18)8-5-3-7(4-6-8)9(13)12(14,15)16/h3-6,9H,1-2H3,(H,17,18). The van der Waals surface area contributed by atoms with Gasteiger partial charge in [0.2, 0.25) is 6.17 Å². The van der Waals surface area contributed by atoms with Crippen molar-refractivity contribution in [2.75, 3.05) is 0 Å². The van der Waals surface area contributed by atoms with Crippen molar-refractivity contribution in [3.63, 3.8) is 0 Å². The Morgan fingerprint density at radius 1 is 1.17 bits per heavy atom. The summed E-state index contributed by atoms with van der Waals surface area (Å²) in [7, 11) is 0. The number of carbonyl (C=O) groups is 1. The molecule has 100 valence electrons. The van der Waals surface area contributed by atoms with Crippen LogP contribution in [-0.4, -0.2) is 17.3 Å². The molecule has 2 nitrogen and oxygen atoms in total. The van der Waals surface area contributed by atoms with E-state index in [1.807, 2.05) is 0 Å². The van der Waals surface area contributed by atoms with Gasteiger partial charge in [-0.2, -0.15) is 13.2 Å². The third-order valence-corrected chi connectivity index (χ3v) is 2.75. The van der Waals surface area contributed by atoms with Gasteiger partial charge in [-0.3, -0.25) is 4.79 Å². The van der Waals surface area contributed by atoms with Crippen molar-refractivity contribution in [3.8, 4) is 0 Å². The van der Waals surface area contributed by atoms with E-state index < -0.39 is 29.3 Å². The number of rotatable bonds is 3. The highest BCUT2D eigenvalue weighted by atomic mass is 19.4. The summed E-state index contributed by atoms with van der Waals surface area (Å²) in [6, 6.07) is 4.31. The number of alkyl halides is 4. The van der Waals surface area contributed by atoms with Crippen molar-refractivity contribution >= 4 is 5.97 Å². The molecule has 1 aromatic rings. The second-order valence-corrected chi connectivity index (χ2v) is 4.46. The molecule has 1 unspecified atom stereocenters. The Labute approximate surface area is 101 Å². The Morgan fingerprint density at radius 3 is 1.94 bits per heavy atom. The van der Waals surface area contributed by atoms with Crippen molar-refractivity contribution < 1.29 is 27.5 Å². The van der Waals surface area contributed by atoms with Crippen LogP contribution in [0.2, 0.25) is 0 Å². The van der Waals surface area contributed by atoms with Gasteiger partial charge in [0.15, 0.2) is 0 Å². The first-order valence-corrected chi connectivity index (χ1v) is 5.11. The maximum atomic E-state index is 13.0. The Balaban J connectivity index is 3.04. The van der Waals surface area contributed by atoms with Gasteiger partial charge in [-0.1, -0.05) is 24.3 Å². The molecule has 1 atom stereocenters. The molecule has 0 aromatic heterocycles. The fraction of sp³-hybridized carbons (Fsp3) is 0.417. The number of hydrogen-bond donors (Lipinski definition) is 1. The van der Waals surface area contributed by atoms with Gasteiger partial charge in [0, 0.05) is 0 Å². The molecule has 1 rings (SSSR count). The van der Waals surface area contributed by atoms with Crippen LogP contribution in [0.15, 0.2) is 24.3 Å². The lowest BCUT2D eigenvalue weighted by Crippen LogP contribution is -2.28. The van der Waals surface area contributed by atoms with Crippen LogP contribution in [0.5, 0.6) is 0 Å². The van der Waals surface area contributed by atoms with Crippen LogP contribution in [0.1, 0.15) is 31.1 Å². The highest BCUT2D eigenvalue weighted by molar-refractivity contribution is 5.80. The lowest BCUT2D eigenvalue weighted by atomic mass is 9.84. The number of benzene rings is 1. The molecule has 0 aliphatic heterocycles. The summed E-state index contributed by atoms with van der Waals surface area (Å²) in [5.41, 5.74) is -1.46. The fourth-order valence-corrected chi connectivity index (χ4v) is 1.38. The summed E-state index contributed by atoms with van der Waals surface area (Å²) in [6.07, 6.45) is -8.01. The smallest absolute Gasteiger partial charge is 0.423 e. The minimum atomic E-state index is -4.95. The molecular weight excluding hydrogens is 252 g/mol. The highest BCUT2D eigenvalue weighted by Crippen LogP contribution is 2.36. The van der Waals surface area contributed by atoms with E-state index in [4.69, 9.17) is 5.11 Å². The third-order valence-electron chi connectivity index (χ3n) is 2.75. The Kier molecular flexibility index (Phi) is 3.69. The minimum absolute atomic E-state index is 0.313. The first-order valence-electron chi connectivity index (χ1n) is 5.11. The lowest BCUT2D eigenvalue weighted by molar-refractivity contribution is -0.182. The quantitative estimate of drug-likeness (QED) is 0.846. The maximum Gasteiger partial charge on any atom is 0.423 e. The topological polar surface area (TPSA) is 37.3 Å². The van der Waals surface area contributed by atoms with Gasteiger partial charge in [0.05, 0.1) is 5.41 Å². The molecule has 0 spiro atoms. The van der Waals surface area contributed by atoms with Gasteiger partial charge in [-0.25, -0.2) is 4.39 Å². The van der Waals surface area contributed by atoms with E-state index in [2.05, 4.69) is 0 Å². The van der Waals surface area contributed by atoms with Crippen LogP contribution in [0.4, 0.5) is 17.6 Å². The van der Waals surface area contributed by atoms with Crippen LogP contribution < -0.4 is 0 Å². The SMILES string of the molecule is CC(C)(C(=O)O)c1ccc(C(F)C(F)(F)F)cc1. The molecule has 0 aliphatic rings. The zero-order valence-electron chi connectivity index (χ0n) is 9.75. The van der Waals surface area contributed by atoms with Crippen LogP contribution in [-0.2, 0) is 10.2 Å². The summed E-state index contributed by atoms with van der Waals surface area (Å²) in [6.45, 7) is 2.84. The molecule has 1 aromatic carbocycles. The molecular formula is C12H12F4O2. The summed E-state index contributed by atoms with van der Waals surface area (Å²) >= 11 is 0. The molecule has 0 bridgehead atoms. The van der Waals surface area contributed by atoms with Gasteiger partial charge < -0.3 is 5.11 Å². The summed E-state index contributed by atoms with van der Waals surface area (Å²) in [4.78, 5) is 10.9. The van der Waals surface area contributed by atoms with E-state index in [0.29, 0.717) is 5.56 Å². The molecule has 0 saturated carbocycles. The average molecular weight is 264 g/mol. The van der Waals surface area contributed by atoms with Crippen molar-refractivity contribution in [2.45, 2.75) is 31.6 Å². The first-order chi connectivity index (χ1) is 8.06. The molecule has 6 heteroatoms. The second-order valence-electron chi connectivity index (χ2n) is 4.46. The molecule has 1 N–H and O–H groups in total. The summed E-state index contributed by atoms with van der Waals surface area (Å²) in [5, 5.41) is 8.95.